The lowest BCUT2D eigenvalue weighted by molar-refractivity contribution is -0.168. The SMILES string of the molecule is C=CC[C@H](C)N(C)C(=O)C[C@@](O)(C(=O)OC)c1ccc2c(c1)N(C[C@@H]1CC[C@H]1[C@@H](O)C=C)C[C@@]1(CCCc3cc(Cl)ccc31)CO2. The average molecular weight is 651 g/mol. The monoisotopic (exact) mass is 650 g/mol. The smallest absolute Gasteiger partial charge is 0.343 e. The summed E-state index contributed by atoms with van der Waals surface area (Å²) in [4.78, 5) is 30.4. The van der Waals surface area contributed by atoms with Gasteiger partial charge in [-0.05, 0) is 98.2 Å². The van der Waals surface area contributed by atoms with Crippen molar-refractivity contribution in [3.05, 3.63) is 83.4 Å². The second kappa shape index (κ2) is 13.8. The first kappa shape index (κ1) is 34.0. The van der Waals surface area contributed by atoms with E-state index < -0.39 is 30.0 Å². The van der Waals surface area contributed by atoms with Crippen LogP contribution in [0, 0.1) is 11.8 Å². The Morgan fingerprint density at radius 1 is 1.26 bits per heavy atom. The number of ether oxygens (including phenoxy) is 2. The van der Waals surface area contributed by atoms with Gasteiger partial charge in [-0.2, -0.15) is 0 Å². The number of hydrogen-bond donors (Lipinski definition) is 2. The van der Waals surface area contributed by atoms with Gasteiger partial charge in [0, 0.05) is 36.6 Å². The molecule has 2 N–H and O–H groups in total. The molecular formula is C37H47ClN2O6. The molecule has 1 saturated carbocycles. The van der Waals surface area contributed by atoms with Gasteiger partial charge in [0.05, 0.1) is 31.9 Å². The minimum Gasteiger partial charge on any atom is -0.490 e. The topological polar surface area (TPSA) is 99.5 Å². The van der Waals surface area contributed by atoms with Crippen LogP contribution in [-0.4, -0.2) is 73.0 Å². The number of aliphatic hydroxyl groups is 2. The Labute approximate surface area is 277 Å². The van der Waals surface area contributed by atoms with E-state index in [0.29, 0.717) is 36.9 Å². The summed E-state index contributed by atoms with van der Waals surface area (Å²) in [6.07, 6.45) is 7.61. The number of hydrogen-bond acceptors (Lipinski definition) is 7. The number of nitrogens with zero attached hydrogens (tertiary/aromatic N) is 2. The van der Waals surface area contributed by atoms with Crippen LogP contribution in [0.2, 0.25) is 5.02 Å². The zero-order chi connectivity index (χ0) is 33.2. The lowest BCUT2D eigenvalue weighted by Crippen LogP contribution is -2.49. The highest BCUT2D eigenvalue weighted by Gasteiger charge is 2.46. The number of carbonyl (C=O) groups is 2. The molecule has 9 heteroatoms. The first-order chi connectivity index (χ1) is 22.0. The standard InChI is InChI=1S/C37H47ClN2O6/c1-6-9-24(3)39(4)34(42)20-37(44,35(43)45-5)27-12-16-33-31(19-27)40(21-26-11-14-29(26)32(41)7-2)22-36(23-46-33)17-8-10-25-18-28(38)13-15-30(25)36/h6-7,12-13,15-16,18-19,24,26,29,32,41,44H,1-2,8-11,14,17,20-23H2,3-5H3/t24-,26-,29+,32-,36-,37-/m0/s1. The molecule has 248 valence electrons. The first-order valence-electron chi connectivity index (χ1n) is 16.3. The maximum atomic E-state index is 13.4. The van der Waals surface area contributed by atoms with E-state index in [2.05, 4.69) is 30.2 Å². The molecule has 0 unspecified atom stereocenters. The largest absolute Gasteiger partial charge is 0.490 e. The average Bonchev–Trinajstić information content (AvgIpc) is 3.18. The predicted octanol–water partition coefficient (Wildman–Crippen LogP) is 5.56. The van der Waals surface area contributed by atoms with Crippen molar-refractivity contribution in [3.8, 4) is 5.75 Å². The van der Waals surface area contributed by atoms with Crippen LogP contribution in [0.3, 0.4) is 0 Å². The highest BCUT2D eigenvalue weighted by molar-refractivity contribution is 6.30. The number of methoxy groups -OCH3 is 1. The molecule has 2 aromatic carbocycles. The molecule has 0 aromatic heterocycles. The zero-order valence-corrected chi connectivity index (χ0v) is 28.0. The number of benzene rings is 2. The van der Waals surface area contributed by atoms with Crippen molar-refractivity contribution < 1.29 is 29.3 Å². The number of anilines is 1. The van der Waals surface area contributed by atoms with Crippen molar-refractivity contribution in [1.82, 2.24) is 4.90 Å². The second-order valence-electron chi connectivity index (χ2n) is 13.4. The van der Waals surface area contributed by atoms with Gasteiger partial charge in [-0.15, -0.1) is 13.2 Å². The van der Waals surface area contributed by atoms with Gasteiger partial charge in [0.15, 0.2) is 5.60 Å². The number of carbonyl (C=O) groups excluding carboxylic acids is 2. The summed E-state index contributed by atoms with van der Waals surface area (Å²) < 4.78 is 11.7. The van der Waals surface area contributed by atoms with Crippen LogP contribution in [-0.2, 0) is 31.8 Å². The molecule has 0 radical (unpaired) electrons. The molecule has 8 nitrogen and oxygen atoms in total. The third-order valence-corrected chi connectivity index (χ3v) is 10.9. The summed E-state index contributed by atoms with van der Waals surface area (Å²) in [6.45, 7) is 11.2. The lowest BCUT2D eigenvalue weighted by Gasteiger charge is -2.45. The van der Waals surface area contributed by atoms with Crippen molar-refractivity contribution >= 4 is 29.2 Å². The molecule has 0 saturated heterocycles. The number of amides is 1. The fourth-order valence-electron chi connectivity index (χ4n) is 7.55. The van der Waals surface area contributed by atoms with Gasteiger partial charge in [-0.1, -0.05) is 35.9 Å². The molecule has 5 rings (SSSR count). The van der Waals surface area contributed by atoms with E-state index >= 15 is 0 Å². The Bertz CT molecular complexity index is 1480. The quantitative estimate of drug-likeness (QED) is 0.243. The third-order valence-electron chi connectivity index (χ3n) is 10.6. The van der Waals surface area contributed by atoms with Gasteiger partial charge in [-0.25, -0.2) is 4.79 Å². The maximum Gasteiger partial charge on any atom is 0.343 e. The van der Waals surface area contributed by atoms with Gasteiger partial charge in [0.25, 0.3) is 0 Å². The molecule has 0 bridgehead atoms. The number of halogens is 1. The van der Waals surface area contributed by atoms with Gasteiger partial charge in [0.1, 0.15) is 5.75 Å². The van der Waals surface area contributed by atoms with Crippen LogP contribution < -0.4 is 9.64 Å². The zero-order valence-electron chi connectivity index (χ0n) is 27.2. The molecule has 6 atom stereocenters. The summed E-state index contributed by atoms with van der Waals surface area (Å²) in [7, 11) is 2.86. The Balaban J connectivity index is 1.56. The molecular weight excluding hydrogens is 604 g/mol. The summed E-state index contributed by atoms with van der Waals surface area (Å²) in [6, 6.07) is 11.2. The Kier molecular flexibility index (Phi) is 10.2. The highest BCUT2D eigenvalue weighted by atomic mass is 35.5. The van der Waals surface area contributed by atoms with E-state index in [-0.39, 0.29) is 28.9 Å². The highest BCUT2D eigenvalue weighted by Crippen LogP contribution is 2.47. The molecule has 2 aliphatic carbocycles. The first-order valence-corrected chi connectivity index (χ1v) is 16.6. The lowest BCUT2D eigenvalue weighted by atomic mass is 9.68. The molecule has 1 aliphatic heterocycles. The fourth-order valence-corrected chi connectivity index (χ4v) is 7.74. The summed E-state index contributed by atoms with van der Waals surface area (Å²) in [5.41, 5.74) is 0.916. The van der Waals surface area contributed by atoms with E-state index in [4.69, 9.17) is 21.1 Å². The molecule has 1 amide bonds. The van der Waals surface area contributed by atoms with Gasteiger partial charge < -0.3 is 29.5 Å². The van der Waals surface area contributed by atoms with Crippen molar-refractivity contribution in [3.63, 3.8) is 0 Å². The number of fused-ring (bicyclic) bond motifs is 3. The molecule has 3 aliphatic rings. The van der Waals surface area contributed by atoms with E-state index in [1.54, 1.807) is 37.4 Å². The van der Waals surface area contributed by atoms with Crippen molar-refractivity contribution in [1.29, 1.82) is 0 Å². The minimum atomic E-state index is -2.22. The molecule has 1 fully saturated rings. The van der Waals surface area contributed by atoms with Gasteiger partial charge >= 0.3 is 5.97 Å². The Morgan fingerprint density at radius 2 is 2.04 bits per heavy atom. The van der Waals surface area contributed by atoms with Crippen LogP contribution in [0.5, 0.6) is 5.75 Å². The van der Waals surface area contributed by atoms with Gasteiger partial charge in [-0.3, -0.25) is 4.79 Å². The number of aryl methyl sites for hydroxylation is 1. The van der Waals surface area contributed by atoms with E-state index in [1.165, 1.54) is 23.1 Å². The molecule has 1 heterocycles. The van der Waals surface area contributed by atoms with Crippen LogP contribution in [0.15, 0.2) is 61.7 Å². The van der Waals surface area contributed by atoms with Crippen molar-refractivity contribution in [2.45, 2.75) is 75.0 Å². The van der Waals surface area contributed by atoms with E-state index in [1.807, 2.05) is 13.0 Å². The number of rotatable bonds is 11. The second-order valence-corrected chi connectivity index (χ2v) is 13.9. The summed E-state index contributed by atoms with van der Waals surface area (Å²) >= 11 is 6.41. The minimum absolute atomic E-state index is 0.0967. The van der Waals surface area contributed by atoms with Gasteiger partial charge in [0.2, 0.25) is 5.91 Å². The normalized spacial score (nSPS) is 24.5. The fraction of sp³-hybridized carbons (Fsp3) is 0.514. The van der Waals surface area contributed by atoms with Crippen LogP contribution in [0.25, 0.3) is 0 Å². The molecule has 46 heavy (non-hydrogen) atoms. The Morgan fingerprint density at radius 3 is 2.72 bits per heavy atom. The Hall–Kier alpha value is -3.33. The third kappa shape index (κ3) is 6.44. The van der Waals surface area contributed by atoms with Crippen molar-refractivity contribution in [2.24, 2.45) is 11.8 Å². The van der Waals surface area contributed by atoms with E-state index in [0.717, 1.165) is 37.8 Å². The number of aliphatic hydroxyl groups excluding tert-OH is 1. The summed E-state index contributed by atoms with van der Waals surface area (Å²) in [5.74, 6) is -0.350. The van der Waals surface area contributed by atoms with Crippen LogP contribution in [0.1, 0.15) is 62.1 Å². The van der Waals surface area contributed by atoms with Crippen molar-refractivity contribution in [2.75, 3.05) is 38.8 Å². The predicted molar refractivity (Wildman–Crippen MR) is 180 cm³/mol. The maximum absolute atomic E-state index is 13.4. The number of esters is 1. The van der Waals surface area contributed by atoms with Crippen LogP contribution >= 0.6 is 11.6 Å². The molecule has 2 aromatic rings. The van der Waals surface area contributed by atoms with E-state index in [9.17, 15) is 19.8 Å². The van der Waals surface area contributed by atoms with Crippen LogP contribution in [0.4, 0.5) is 5.69 Å². The summed E-state index contributed by atoms with van der Waals surface area (Å²) in [5, 5.41) is 23.3. The molecule has 1 spiro atoms.